The number of sulfonamides is 1. The van der Waals surface area contributed by atoms with Crippen molar-refractivity contribution in [2.45, 2.75) is 30.2 Å². The minimum Gasteiger partial charge on any atom is -0.425 e. The van der Waals surface area contributed by atoms with Crippen LogP contribution in [-0.2, 0) is 14.8 Å². The highest BCUT2D eigenvalue weighted by atomic mass is 32.2. The van der Waals surface area contributed by atoms with E-state index in [2.05, 4.69) is 6.07 Å². The predicted octanol–water partition coefficient (Wildman–Crippen LogP) is 4.37. The van der Waals surface area contributed by atoms with Gasteiger partial charge in [0.15, 0.2) is 0 Å². The van der Waals surface area contributed by atoms with Crippen LogP contribution in [0.15, 0.2) is 83.8 Å². The Kier molecular flexibility index (Phi) is 6.35. The molecule has 4 rings (SSSR count). The minimum absolute atomic E-state index is 0.173. The van der Waals surface area contributed by atoms with E-state index in [4.69, 9.17) is 10.00 Å². The summed E-state index contributed by atoms with van der Waals surface area (Å²) >= 11 is 0. The van der Waals surface area contributed by atoms with Crippen molar-refractivity contribution in [3.63, 3.8) is 0 Å². The van der Waals surface area contributed by atoms with Crippen LogP contribution in [0.3, 0.4) is 0 Å². The van der Waals surface area contributed by atoms with Crippen molar-refractivity contribution in [2.24, 2.45) is 0 Å². The minimum atomic E-state index is -3.79. The van der Waals surface area contributed by atoms with Crippen LogP contribution in [0.2, 0.25) is 0 Å². The smallest absolute Gasteiger partial charge is 0.329 e. The molecule has 1 saturated heterocycles. The van der Waals surface area contributed by atoms with Gasteiger partial charge in [0.1, 0.15) is 11.8 Å². The van der Waals surface area contributed by atoms with Gasteiger partial charge in [0.25, 0.3) is 0 Å². The second-order valence-corrected chi connectivity index (χ2v) is 9.47. The Morgan fingerprint density at radius 2 is 1.53 bits per heavy atom. The van der Waals surface area contributed by atoms with Gasteiger partial charge in [-0.05, 0) is 66.8 Å². The lowest BCUT2D eigenvalue weighted by molar-refractivity contribution is -0.139. The maximum absolute atomic E-state index is 13.1. The van der Waals surface area contributed by atoms with Crippen molar-refractivity contribution in [3.05, 3.63) is 84.4 Å². The molecule has 0 radical (unpaired) electrons. The number of esters is 1. The van der Waals surface area contributed by atoms with Crippen LogP contribution in [0.25, 0.3) is 11.1 Å². The second kappa shape index (κ2) is 9.35. The summed E-state index contributed by atoms with van der Waals surface area (Å²) < 4.78 is 33.0. The third-order valence-electron chi connectivity index (χ3n) is 5.50. The van der Waals surface area contributed by atoms with Crippen molar-refractivity contribution in [2.75, 3.05) is 6.54 Å². The number of rotatable bonds is 5. The molecule has 0 bridgehead atoms. The number of hydrogen-bond donors (Lipinski definition) is 0. The number of piperidine rings is 1. The van der Waals surface area contributed by atoms with Crippen LogP contribution in [0.5, 0.6) is 5.75 Å². The Morgan fingerprint density at radius 3 is 2.16 bits per heavy atom. The van der Waals surface area contributed by atoms with Gasteiger partial charge in [0, 0.05) is 6.54 Å². The molecule has 6 nitrogen and oxygen atoms in total. The van der Waals surface area contributed by atoms with Crippen LogP contribution in [-0.4, -0.2) is 31.3 Å². The summed E-state index contributed by atoms with van der Waals surface area (Å²) in [6.45, 7) is 0.286. The summed E-state index contributed by atoms with van der Waals surface area (Å²) in [5.74, 6) is -0.217. The van der Waals surface area contributed by atoms with Crippen LogP contribution in [0.1, 0.15) is 24.8 Å². The Morgan fingerprint density at radius 1 is 0.906 bits per heavy atom. The molecule has 1 heterocycles. The Hall–Kier alpha value is -3.47. The first-order valence-corrected chi connectivity index (χ1v) is 11.8. The third-order valence-corrected chi connectivity index (χ3v) is 7.42. The molecule has 1 aliphatic heterocycles. The number of nitrogens with zero attached hydrogens (tertiary/aromatic N) is 2. The van der Waals surface area contributed by atoms with E-state index < -0.39 is 22.0 Å². The fraction of sp³-hybridized carbons (Fsp3) is 0.200. The van der Waals surface area contributed by atoms with E-state index in [1.807, 2.05) is 24.3 Å². The van der Waals surface area contributed by atoms with Crippen LogP contribution < -0.4 is 4.74 Å². The molecular weight excluding hydrogens is 424 g/mol. The molecule has 0 unspecified atom stereocenters. The second-order valence-electron chi connectivity index (χ2n) is 7.58. The maximum Gasteiger partial charge on any atom is 0.329 e. The molecule has 0 saturated carbocycles. The summed E-state index contributed by atoms with van der Waals surface area (Å²) in [4.78, 5) is 13.1. The van der Waals surface area contributed by atoms with E-state index in [0.29, 0.717) is 24.2 Å². The van der Waals surface area contributed by atoms with Crippen LogP contribution in [0.4, 0.5) is 0 Å². The lowest BCUT2D eigenvalue weighted by Crippen LogP contribution is -2.49. The number of benzene rings is 3. The van der Waals surface area contributed by atoms with E-state index in [1.54, 1.807) is 42.5 Å². The number of nitriles is 1. The van der Waals surface area contributed by atoms with Crippen molar-refractivity contribution in [1.29, 1.82) is 5.26 Å². The fourth-order valence-electron chi connectivity index (χ4n) is 3.79. The van der Waals surface area contributed by atoms with Gasteiger partial charge in [-0.25, -0.2) is 13.2 Å². The largest absolute Gasteiger partial charge is 0.425 e. The predicted molar refractivity (Wildman–Crippen MR) is 120 cm³/mol. The van der Waals surface area contributed by atoms with E-state index >= 15 is 0 Å². The molecule has 32 heavy (non-hydrogen) atoms. The van der Waals surface area contributed by atoms with Gasteiger partial charge in [-0.1, -0.05) is 42.5 Å². The van der Waals surface area contributed by atoms with Gasteiger partial charge < -0.3 is 4.74 Å². The third kappa shape index (κ3) is 4.57. The molecular formula is C25H22N2O4S. The molecule has 0 spiro atoms. The highest BCUT2D eigenvalue weighted by molar-refractivity contribution is 7.89. The van der Waals surface area contributed by atoms with Crippen molar-refractivity contribution < 1.29 is 17.9 Å². The first-order valence-electron chi connectivity index (χ1n) is 10.4. The number of hydrogen-bond acceptors (Lipinski definition) is 5. The van der Waals surface area contributed by atoms with Crippen molar-refractivity contribution >= 4 is 16.0 Å². The first kappa shape index (κ1) is 21.8. The van der Waals surface area contributed by atoms with Gasteiger partial charge in [0.05, 0.1) is 16.5 Å². The van der Waals surface area contributed by atoms with Crippen molar-refractivity contribution in [1.82, 2.24) is 4.31 Å². The standard InChI is InChI=1S/C25H22N2O4S/c26-18-19-9-11-20(12-10-19)21-13-15-22(16-14-21)31-25(28)24-8-4-5-17-27(24)32(29,30)23-6-2-1-3-7-23/h1-3,6-7,9-16,24H,4-5,8,17H2/t24-/m0/s1. The lowest BCUT2D eigenvalue weighted by Gasteiger charge is -2.32. The molecule has 7 heteroatoms. The molecule has 3 aromatic rings. The molecule has 1 aliphatic rings. The highest BCUT2D eigenvalue weighted by Crippen LogP contribution is 2.28. The lowest BCUT2D eigenvalue weighted by atomic mass is 10.0. The molecule has 0 amide bonds. The first-order chi connectivity index (χ1) is 15.5. The SMILES string of the molecule is N#Cc1ccc(-c2ccc(OC(=O)[C@@H]3CCCCN3S(=O)(=O)c3ccccc3)cc2)cc1. The average Bonchev–Trinajstić information content (AvgIpc) is 2.85. The molecule has 0 N–H and O–H groups in total. The average molecular weight is 447 g/mol. The van der Waals surface area contributed by atoms with Crippen LogP contribution in [0, 0.1) is 11.3 Å². The Labute approximate surface area is 187 Å². The quantitative estimate of drug-likeness (QED) is 0.429. The van der Waals surface area contributed by atoms with Gasteiger partial charge >= 0.3 is 5.97 Å². The number of ether oxygens (including phenoxy) is 1. The highest BCUT2D eigenvalue weighted by Gasteiger charge is 2.38. The zero-order valence-electron chi connectivity index (χ0n) is 17.3. The van der Waals surface area contributed by atoms with Gasteiger partial charge in [-0.2, -0.15) is 9.57 Å². The Balaban J connectivity index is 1.50. The monoisotopic (exact) mass is 446 g/mol. The van der Waals surface area contributed by atoms with Gasteiger partial charge in [0.2, 0.25) is 10.0 Å². The molecule has 1 fully saturated rings. The summed E-state index contributed by atoms with van der Waals surface area (Å²) in [7, 11) is -3.79. The number of carbonyl (C=O) groups excluding carboxylic acids is 1. The molecule has 1 atom stereocenters. The zero-order chi connectivity index (χ0) is 22.6. The van der Waals surface area contributed by atoms with Crippen molar-refractivity contribution in [3.8, 4) is 22.9 Å². The summed E-state index contributed by atoms with van der Waals surface area (Å²) in [6.07, 6.45) is 1.89. The molecule has 0 aromatic heterocycles. The van der Waals surface area contributed by atoms with E-state index in [-0.39, 0.29) is 11.4 Å². The van der Waals surface area contributed by atoms with E-state index in [9.17, 15) is 13.2 Å². The molecule has 3 aromatic carbocycles. The Bertz CT molecular complexity index is 1230. The van der Waals surface area contributed by atoms with Gasteiger partial charge in [-0.15, -0.1) is 0 Å². The zero-order valence-corrected chi connectivity index (χ0v) is 18.2. The van der Waals surface area contributed by atoms with E-state index in [0.717, 1.165) is 17.5 Å². The summed E-state index contributed by atoms with van der Waals surface area (Å²) in [6, 6.07) is 23.6. The summed E-state index contributed by atoms with van der Waals surface area (Å²) in [5.41, 5.74) is 2.44. The topological polar surface area (TPSA) is 87.5 Å². The van der Waals surface area contributed by atoms with Gasteiger partial charge in [-0.3, -0.25) is 0 Å². The van der Waals surface area contributed by atoms with Crippen LogP contribution >= 0.6 is 0 Å². The summed E-state index contributed by atoms with van der Waals surface area (Å²) in [5, 5.41) is 8.92. The number of carbonyl (C=O) groups is 1. The normalized spacial score (nSPS) is 16.8. The molecule has 162 valence electrons. The fourth-order valence-corrected chi connectivity index (χ4v) is 5.46. The van der Waals surface area contributed by atoms with E-state index in [1.165, 1.54) is 16.4 Å². The molecule has 0 aliphatic carbocycles. The maximum atomic E-state index is 13.1.